The van der Waals surface area contributed by atoms with Gasteiger partial charge in [0.05, 0.1) is 24.2 Å². The SMILES string of the molecule is Fc1ccc2nc(CCNCCN3CCOCC3)[nH]c2c1. The number of rotatable bonds is 6. The molecule has 1 aliphatic heterocycles. The van der Waals surface area contributed by atoms with Gasteiger partial charge in [-0.05, 0) is 18.2 Å². The van der Waals surface area contributed by atoms with Gasteiger partial charge in [-0.2, -0.15) is 0 Å². The van der Waals surface area contributed by atoms with E-state index in [1.807, 2.05) is 0 Å². The highest BCUT2D eigenvalue weighted by Gasteiger charge is 2.09. The van der Waals surface area contributed by atoms with Crippen LogP contribution >= 0.6 is 0 Å². The minimum Gasteiger partial charge on any atom is -0.379 e. The molecule has 0 saturated carbocycles. The number of H-pyrrole nitrogens is 1. The van der Waals surface area contributed by atoms with Crippen molar-refractivity contribution in [2.45, 2.75) is 6.42 Å². The van der Waals surface area contributed by atoms with E-state index in [1.165, 1.54) is 12.1 Å². The first-order chi connectivity index (χ1) is 10.3. The van der Waals surface area contributed by atoms with Crippen molar-refractivity contribution in [3.63, 3.8) is 0 Å². The number of imidazole rings is 1. The normalized spacial score (nSPS) is 16.6. The lowest BCUT2D eigenvalue weighted by Crippen LogP contribution is -2.40. The second-order valence-electron chi connectivity index (χ2n) is 5.30. The van der Waals surface area contributed by atoms with Crippen LogP contribution in [0.2, 0.25) is 0 Å². The number of aromatic nitrogens is 2. The number of hydrogen-bond donors (Lipinski definition) is 2. The van der Waals surface area contributed by atoms with E-state index in [4.69, 9.17) is 4.74 Å². The van der Waals surface area contributed by atoms with E-state index in [9.17, 15) is 4.39 Å². The molecule has 0 unspecified atom stereocenters. The zero-order chi connectivity index (χ0) is 14.5. The van der Waals surface area contributed by atoms with Crippen molar-refractivity contribution in [3.8, 4) is 0 Å². The number of nitrogens with one attached hydrogen (secondary N) is 2. The largest absolute Gasteiger partial charge is 0.379 e. The standard InChI is InChI=1S/C15H21FN4O/c16-12-1-2-13-14(11-12)19-15(18-13)3-4-17-5-6-20-7-9-21-10-8-20/h1-2,11,17H,3-10H2,(H,18,19). The monoisotopic (exact) mass is 292 g/mol. The molecular formula is C15H21FN4O. The Bertz CT molecular complexity index is 580. The van der Waals surface area contributed by atoms with Gasteiger partial charge in [0.1, 0.15) is 11.6 Å². The molecule has 1 aliphatic rings. The first-order valence-corrected chi connectivity index (χ1v) is 7.46. The van der Waals surface area contributed by atoms with Gasteiger partial charge in [-0.15, -0.1) is 0 Å². The molecule has 2 N–H and O–H groups in total. The Hall–Kier alpha value is -1.50. The Balaban J connectivity index is 1.40. The molecule has 1 aromatic heterocycles. The van der Waals surface area contributed by atoms with Gasteiger partial charge in [0.15, 0.2) is 0 Å². The maximum Gasteiger partial charge on any atom is 0.125 e. The van der Waals surface area contributed by atoms with Crippen LogP contribution in [0.3, 0.4) is 0 Å². The highest BCUT2D eigenvalue weighted by Crippen LogP contribution is 2.12. The molecule has 2 heterocycles. The number of morpholine rings is 1. The van der Waals surface area contributed by atoms with Crippen LogP contribution in [-0.4, -0.2) is 60.8 Å². The first-order valence-electron chi connectivity index (χ1n) is 7.46. The van der Waals surface area contributed by atoms with Gasteiger partial charge in [0.25, 0.3) is 0 Å². The highest BCUT2D eigenvalue weighted by molar-refractivity contribution is 5.74. The van der Waals surface area contributed by atoms with E-state index in [0.29, 0.717) is 0 Å². The van der Waals surface area contributed by atoms with E-state index >= 15 is 0 Å². The maximum atomic E-state index is 13.1. The summed E-state index contributed by atoms with van der Waals surface area (Å²) >= 11 is 0. The van der Waals surface area contributed by atoms with Crippen LogP contribution in [0.25, 0.3) is 11.0 Å². The Morgan fingerprint density at radius 3 is 3.00 bits per heavy atom. The lowest BCUT2D eigenvalue weighted by atomic mass is 10.3. The van der Waals surface area contributed by atoms with Crippen LogP contribution < -0.4 is 5.32 Å². The van der Waals surface area contributed by atoms with E-state index < -0.39 is 0 Å². The summed E-state index contributed by atoms with van der Waals surface area (Å²) in [6, 6.07) is 4.63. The molecule has 0 bridgehead atoms. The van der Waals surface area contributed by atoms with Crippen LogP contribution in [0.15, 0.2) is 18.2 Å². The molecule has 1 fully saturated rings. The van der Waals surface area contributed by atoms with Crippen molar-refractivity contribution in [2.24, 2.45) is 0 Å². The molecule has 21 heavy (non-hydrogen) atoms. The second kappa shape index (κ2) is 6.98. The zero-order valence-corrected chi connectivity index (χ0v) is 12.1. The Morgan fingerprint density at radius 1 is 1.29 bits per heavy atom. The number of fused-ring (bicyclic) bond motifs is 1. The summed E-state index contributed by atoms with van der Waals surface area (Å²) in [6.07, 6.45) is 0.819. The zero-order valence-electron chi connectivity index (χ0n) is 12.1. The van der Waals surface area contributed by atoms with Crippen molar-refractivity contribution in [1.29, 1.82) is 0 Å². The summed E-state index contributed by atoms with van der Waals surface area (Å²) < 4.78 is 18.4. The van der Waals surface area contributed by atoms with Crippen LogP contribution in [0.1, 0.15) is 5.82 Å². The molecule has 0 amide bonds. The maximum absolute atomic E-state index is 13.1. The molecule has 0 aliphatic carbocycles. The van der Waals surface area contributed by atoms with Crippen molar-refractivity contribution in [1.82, 2.24) is 20.2 Å². The van der Waals surface area contributed by atoms with E-state index in [-0.39, 0.29) is 5.82 Å². The predicted octanol–water partition coefficient (Wildman–Crippen LogP) is 1.17. The van der Waals surface area contributed by atoms with Crippen molar-refractivity contribution in [3.05, 3.63) is 29.8 Å². The minimum atomic E-state index is -0.235. The summed E-state index contributed by atoms with van der Waals surface area (Å²) in [5, 5.41) is 3.42. The Kier molecular flexibility index (Phi) is 4.80. The first kappa shape index (κ1) is 14.4. The quantitative estimate of drug-likeness (QED) is 0.785. The molecule has 1 saturated heterocycles. The molecule has 0 radical (unpaired) electrons. The summed E-state index contributed by atoms with van der Waals surface area (Å²) in [4.78, 5) is 10.0. The fraction of sp³-hybridized carbons (Fsp3) is 0.533. The lowest BCUT2D eigenvalue weighted by Gasteiger charge is -2.26. The van der Waals surface area contributed by atoms with Crippen LogP contribution in [-0.2, 0) is 11.2 Å². The molecule has 0 atom stereocenters. The number of hydrogen-bond acceptors (Lipinski definition) is 4. The molecule has 0 spiro atoms. The topological polar surface area (TPSA) is 53.2 Å². The molecule has 2 aromatic rings. The van der Waals surface area contributed by atoms with Gasteiger partial charge in [-0.1, -0.05) is 0 Å². The average Bonchev–Trinajstić information content (AvgIpc) is 2.90. The summed E-state index contributed by atoms with van der Waals surface area (Å²) in [6.45, 7) is 6.62. The van der Waals surface area contributed by atoms with Crippen molar-refractivity contribution in [2.75, 3.05) is 45.9 Å². The molecule has 3 rings (SSSR count). The van der Waals surface area contributed by atoms with Crippen LogP contribution in [0, 0.1) is 5.82 Å². The second-order valence-corrected chi connectivity index (χ2v) is 5.30. The third kappa shape index (κ3) is 4.00. The van der Waals surface area contributed by atoms with E-state index in [0.717, 1.165) is 69.2 Å². The molecular weight excluding hydrogens is 271 g/mol. The van der Waals surface area contributed by atoms with E-state index in [1.54, 1.807) is 6.07 Å². The van der Waals surface area contributed by atoms with Gasteiger partial charge in [0, 0.05) is 39.1 Å². The third-order valence-corrected chi connectivity index (χ3v) is 3.74. The van der Waals surface area contributed by atoms with Gasteiger partial charge in [0.2, 0.25) is 0 Å². The van der Waals surface area contributed by atoms with Crippen LogP contribution in [0.4, 0.5) is 4.39 Å². The fourth-order valence-corrected chi connectivity index (χ4v) is 2.55. The smallest absolute Gasteiger partial charge is 0.125 e. The lowest BCUT2D eigenvalue weighted by molar-refractivity contribution is 0.0385. The van der Waals surface area contributed by atoms with E-state index in [2.05, 4.69) is 20.2 Å². The highest BCUT2D eigenvalue weighted by atomic mass is 19.1. The van der Waals surface area contributed by atoms with Gasteiger partial charge < -0.3 is 15.0 Å². The molecule has 6 heteroatoms. The fourth-order valence-electron chi connectivity index (χ4n) is 2.55. The number of benzene rings is 1. The average molecular weight is 292 g/mol. The summed E-state index contributed by atoms with van der Waals surface area (Å²) in [7, 11) is 0. The minimum absolute atomic E-state index is 0.235. The van der Waals surface area contributed by atoms with Crippen LogP contribution in [0.5, 0.6) is 0 Å². The molecule has 5 nitrogen and oxygen atoms in total. The van der Waals surface area contributed by atoms with Crippen molar-refractivity contribution >= 4 is 11.0 Å². The van der Waals surface area contributed by atoms with Crippen molar-refractivity contribution < 1.29 is 9.13 Å². The number of aromatic amines is 1. The molecule has 1 aromatic carbocycles. The van der Waals surface area contributed by atoms with Gasteiger partial charge >= 0.3 is 0 Å². The van der Waals surface area contributed by atoms with Gasteiger partial charge in [-0.25, -0.2) is 9.37 Å². The molecule has 114 valence electrons. The van der Waals surface area contributed by atoms with Gasteiger partial charge in [-0.3, -0.25) is 4.90 Å². The Labute approximate surface area is 123 Å². The summed E-state index contributed by atoms with van der Waals surface area (Å²) in [5.41, 5.74) is 1.58. The third-order valence-electron chi connectivity index (χ3n) is 3.74. The predicted molar refractivity (Wildman–Crippen MR) is 79.9 cm³/mol. The number of ether oxygens (including phenoxy) is 1. The summed E-state index contributed by atoms with van der Waals surface area (Å²) in [5.74, 6) is 0.663. The Morgan fingerprint density at radius 2 is 2.14 bits per heavy atom. The number of nitrogens with zero attached hydrogens (tertiary/aromatic N) is 2. The number of halogens is 1.